The van der Waals surface area contributed by atoms with E-state index in [9.17, 15) is 4.79 Å². The van der Waals surface area contributed by atoms with Gasteiger partial charge < -0.3 is 17.7 Å². The highest BCUT2D eigenvalue weighted by Gasteiger charge is 2.18. The van der Waals surface area contributed by atoms with Crippen LogP contribution >= 0.6 is 0 Å². The Morgan fingerprint density at radius 3 is 2.92 bits per heavy atom. The lowest BCUT2D eigenvalue weighted by molar-refractivity contribution is -0.137. The largest absolute Gasteiger partial charge is 0.757 e. The molecule has 2 N–H and O–H groups in total. The molecule has 5 nitrogen and oxygen atoms in total. The molecule has 1 rings (SSSR count). The van der Waals surface area contributed by atoms with Gasteiger partial charge in [-0.2, -0.15) is 0 Å². The Hall–Kier alpha value is -0.300. The summed E-state index contributed by atoms with van der Waals surface area (Å²) in [4.78, 5) is 12.1. The van der Waals surface area contributed by atoms with Crippen LogP contribution in [0.4, 0.5) is 0 Å². The maximum atomic E-state index is 10.2. The fourth-order valence-electron chi connectivity index (χ4n) is 1.08. The van der Waals surface area contributed by atoms with E-state index >= 15 is 0 Å². The SMILES string of the molecule is CN1CN(CCC(=O)O)C([S-])N1. The molecule has 0 spiro atoms. The minimum absolute atomic E-state index is 0.142. The standard InChI is InChI=1S/C6H13N3O2S/c1-8-4-9(6(12)7-8)3-2-5(10)11/h6-7,12H,2-4H2,1H3,(H,10,11)/p-1. The normalized spacial score (nSPS) is 26.3. The molecular formula is C6H12N3O2S-. The predicted octanol–water partition coefficient (Wildman–Crippen LogP) is -0.999. The Labute approximate surface area is 76.7 Å². The van der Waals surface area contributed by atoms with E-state index < -0.39 is 5.97 Å². The highest BCUT2D eigenvalue weighted by atomic mass is 32.1. The topological polar surface area (TPSA) is 55.8 Å². The number of nitrogens with one attached hydrogen (secondary N) is 1. The number of carboxylic acids is 1. The molecule has 1 saturated heterocycles. The first-order valence-electron chi connectivity index (χ1n) is 3.68. The van der Waals surface area contributed by atoms with Gasteiger partial charge in [0.25, 0.3) is 0 Å². The number of hydrogen-bond acceptors (Lipinski definition) is 5. The van der Waals surface area contributed by atoms with Crippen LogP contribution in [0.3, 0.4) is 0 Å². The van der Waals surface area contributed by atoms with Crippen molar-refractivity contribution in [1.29, 1.82) is 0 Å². The van der Waals surface area contributed by atoms with Gasteiger partial charge in [-0.25, -0.2) is 5.01 Å². The molecule has 1 unspecified atom stereocenters. The van der Waals surface area contributed by atoms with Crippen molar-refractivity contribution in [2.45, 2.75) is 11.9 Å². The lowest BCUT2D eigenvalue weighted by Crippen LogP contribution is -2.35. The molecule has 1 aliphatic heterocycles. The molecule has 1 fully saturated rings. The van der Waals surface area contributed by atoms with Gasteiger partial charge in [-0.3, -0.25) is 15.1 Å². The van der Waals surface area contributed by atoms with Crippen LogP contribution in [-0.2, 0) is 17.4 Å². The van der Waals surface area contributed by atoms with Gasteiger partial charge in [0.05, 0.1) is 13.1 Å². The highest BCUT2D eigenvalue weighted by Crippen LogP contribution is 2.04. The molecule has 12 heavy (non-hydrogen) atoms. The highest BCUT2D eigenvalue weighted by molar-refractivity contribution is 7.59. The summed E-state index contributed by atoms with van der Waals surface area (Å²) in [5.41, 5.74) is 2.80. The van der Waals surface area contributed by atoms with Crippen molar-refractivity contribution >= 4 is 18.6 Å². The quantitative estimate of drug-likeness (QED) is 0.557. The monoisotopic (exact) mass is 190 g/mol. The molecule has 0 saturated carbocycles. The van der Waals surface area contributed by atoms with Crippen molar-refractivity contribution in [2.24, 2.45) is 0 Å². The molecule has 1 atom stereocenters. The van der Waals surface area contributed by atoms with Gasteiger partial charge in [0.15, 0.2) is 0 Å². The maximum Gasteiger partial charge on any atom is 0.304 e. The predicted molar refractivity (Wildman–Crippen MR) is 45.9 cm³/mol. The van der Waals surface area contributed by atoms with Crippen LogP contribution in [0.5, 0.6) is 0 Å². The summed E-state index contributed by atoms with van der Waals surface area (Å²) in [6.45, 7) is 1.18. The van der Waals surface area contributed by atoms with Crippen LogP contribution < -0.4 is 5.43 Å². The van der Waals surface area contributed by atoms with Crippen molar-refractivity contribution in [1.82, 2.24) is 15.3 Å². The minimum atomic E-state index is -0.785. The summed E-state index contributed by atoms with van der Waals surface area (Å²) in [6, 6.07) is 0. The van der Waals surface area contributed by atoms with Crippen molar-refractivity contribution in [3.63, 3.8) is 0 Å². The molecule has 1 heterocycles. The lowest BCUT2D eigenvalue weighted by Gasteiger charge is -2.26. The Morgan fingerprint density at radius 2 is 2.50 bits per heavy atom. The summed E-state index contributed by atoms with van der Waals surface area (Å²) in [7, 11) is 1.88. The van der Waals surface area contributed by atoms with Gasteiger partial charge in [0, 0.05) is 13.6 Å². The molecule has 0 aromatic heterocycles. The second kappa shape index (κ2) is 4.08. The number of hydrogen-bond donors (Lipinski definition) is 2. The first-order valence-corrected chi connectivity index (χ1v) is 4.15. The van der Waals surface area contributed by atoms with Crippen LogP contribution in [0.2, 0.25) is 0 Å². The fourth-order valence-corrected chi connectivity index (χ4v) is 1.44. The molecule has 0 aliphatic carbocycles. The van der Waals surface area contributed by atoms with Crippen LogP contribution in [0.25, 0.3) is 0 Å². The molecule has 6 heteroatoms. The smallest absolute Gasteiger partial charge is 0.304 e. The van der Waals surface area contributed by atoms with Crippen LogP contribution in [0, 0.1) is 0 Å². The van der Waals surface area contributed by atoms with Crippen molar-refractivity contribution in [3.05, 3.63) is 0 Å². The third kappa shape index (κ3) is 2.63. The molecule has 0 amide bonds. The van der Waals surface area contributed by atoms with Crippen LogP contribution in [0.15, 0.2) is 0 Å². The van der Waals surface area contributed by atoms with Crippen LogP contribution in [0.1, 0.15) is 6.42 Å². The van der Waals surface area contributed by atoms with Gasteiger partial charge in [0.2, 0.25) is 0 Å². The molecule has 70 valence electrons. The molecule has 0 bridgehead atoms. The number of rotatable bonds is 3. The third-order valence-electron chi connectivity index (χ3n) is 1.67. The Kier molecular flexibility index (Phi) is 3.33. The second-order valence-electron chi connectivity index (χ2n) is 2.78. The number of nitrogens with zero attached hydrogens (tertiary/aromatic N) is 2. The minimum Gasteiger partial charge on any atom is -0.757 e. The van der Waals surface area contributed by atoms with Crippen molar-refractivity contribution < 1.29 is 9.90 Å². The first kappa shape index (κ1) is 9.79. The molecule has 0 aromatic rings. The molecule has 1 aliphatic rings. The summed E-state index contributed by atoms with van der Waals surface area (Å²) in [6.07, 6.45) is 0.142. The summed E-state index contributed by atoms with van der Waals surface area (Å²) < 4.78 is 0. The number of carbonyl (C=O) groups is 1. The van der Waals surface area contributed by atoms with E-state index in [1.807, 2.05) is 17.0 Å². The van der Waals surface area contributed by atoms with Crippen molar-refractivity contribution in [2.75, 3.05) is 20.3 Å². The average molecular weight is 190 g/mol. The second-order valence-corrected chi connectivity index (χ2v) is 3.22. The van der Waals surface area contributed by atoms with Gasteiger partial charge in [-0.15, -0.1) is 0 Å². The van der Waals surface area contributed by atoms with E-state index in [0.29, 0.717) is 13.2 Å². The first-order chi connectivity index (χ1) is 5.59. The van der Waals surface area contributed by atoms with Gasteiger partial charge in [-0.05, 0) is 5.50 Å². The Balaban J connectivity index is 2.28. The molecule has 0 aromatic carbocycles. The van der Waals surface area contributed by atoms with Gasteiger partial charge >= 0.3 is 5.97 Å². The van der Waals surface area contributed by atoms with E-state index in [1.165, 1.54) is 0 Å². The zero-order valence-electron chi connectivity index (χ0n) is 6.86. The molecule has 0 radical (unpaired) electrons. The van der Waals surface area contributed by atoms with E-state index in [1.54, 1.807) is 0 Å². The zero-order valence-corrected chi connectivity index (χ0v) is 7.67. The van der Waals surface area contributed by atoms with Gasteiger partial charge in [-0.1, -0.05) is 0 Å². The Bertz CT molecular complexity index is 178. The summed E-state index contributed by atoms with van der Waals surface area (Å²) in [5, 5.41) is 10.3. The zero-order chi connectivity index (χ0) is 9.14. The maximum absolute atomic E-state index is 10.2. The van der Waals surface area contributed by atoms with Crippen molar-refractivity contribution in [3.8, 4) is 0 Å². The average Bonchev–Trinajstić information content (AvgIpc) is 2.26. The number of hydrazine groups is 1. The summed E-state index contributed by atoms with van der Waals surface area (Å²) in [5.74, 6) is -0.785. The summed E-state index contributed by atoms with van der Waals surface area (Å²) >= 11 is 5.03. The third-order valence-corrected chi connectivity index (χ3v) is 2.07. The molecular weight excluding hydrogens is 178 g/mol. The lowest BCUT2D eigenvalue weighted by atomic mass is 10.4. The van der Waals surface area contributed by atoms with Gasteiger partial charge in [0.1, 0.15) is 0 Å². The van der Waals surface area contributed by atoms with E-state index in [4.69, 9.17) is 17.7 Å². The number of carboxylic acid groups (broad SMARTS) is 1. The van der Waals surface area contributed by atoms with E-state index in [2.05, 4.69) is 5.43 Å². The van der Waals surface area contributed by atoms with E-state index in [-0.39, 0.29) is 11.9 Å². The fraction of sp³-hybridized carbons (Fsp3) is 0.833. The van der Waals surface area contributed by atoms with E-state index in [0.717, 1.165) is 0 Å². The number of aliphatic carboxylic acids is 1. The Morgan fingerprint density at radius 1 is 1.83 bits per heavy atom. The van der Waals surface area contributed by atoms with Crippen LogP contribution in [-0.4, -0.2) is 46.7 Å².